The highest BCUT2D eigenvalue weighted by Gasteiger charge is 2.25. The van der Waals surface area contributed by atoms with E-state index >= 15 is 0 Å². The third-order valence-electron chi connectivity index (χ3n) is 5.53. The molecule has 27 heavy (non-hydrogen) atoms. The Morgan fingerprint density at radius 1 is 1.07 bits per heavy atom. The average molecular weight is 360 g/mol. The molecule has 0 saturated carbocycles. The van der Waals surface area contributed by atoms with Gasteiger partial charge in [-0.15, -0.1) is 0 Å². The first-order valence-electron chi connectivity index (χ1n) is 9.56. The quantitative estimate of drug-likeness (QED) is 0.644. The van der Waals surface area contributed by atoms with Crippen molar-refractivity contribution in [2.75, 3.05) is 0 Å². The predicted octanol–water partition coefficient (Wildman–Crippen LogP) is 5.52. The molecule has 0 saturated heterocycles. The van der Waals surface area contributed by atoms with Gasteiger partial charge in [-0.25, -0.2) is 4.79 Å². The molecule has 1 aromatic carbocycles. The smallest absolute Gasteiger partial charge is 0.335 e. The van der Waals surface area contributed by atoms with E-state index in [2.05, 4.69) is 31.0 Å². The van der Waals surface area contributed by atoms with E-state index in [1.54, 1.807) is 12.1 Å². The van der Waals surface area contributed by atoms with Gasteiger partial charge in [0.15, 0.2) is 0 Å². The van der Waals surface area contributed by atoms with Crippen molar-refractivity contribution >= 4 is 5.97 Å². The maximum atomic E-state index is 11.0. The van der Waals surface area contributed by atoms with Crippen molar-refractivity contribution in [3.63, 3.8) is 0 Å². The summed E-state index contributed by atoms with van der Waals surface area (Å²) in [7, 11) is 0. The largest absolute Gasteiger partial charge is 0.478 e. The van der Waals surface area contributed by atoms with E-state index in [1.165, 1.54) is 24.1 Å². The number of carbonyl (C=O) groups is 1. The Hall–Kier alpha value is -2.88. The minimum atomic E-state index is -0.910. The normalized spacial score (nSPS) is 16.3. The second-order valence-electron chi connectivity index (χ2n) is 7.65. The number of aryl methyl sites for hydroxylation is 1. The zero-order valence-corrected chi connectivity index (χ0v) is 15.7. The summed E-state index contributed by atoms with van der Waals surface area (Å²) in [6, 6.07) is 15.3. The van der Waals surface area contributed by atoms with Crippen LogP contribution in [-0.4, -0.2) is 21.0 Å². The molecule has 1 atom stereocenters. The summed E-state index contributed by atoms with van der Waals surface area (Å²) in [5, 5.41) is 9.04. The molecule has 2 N–H and O–H groups in total. The lowest BCUT2D eigenvalue weighted by atomic mass is 9.80. The maximum Gasteiger partial charge on any atom is 0.335 e. The molecule has 0 aliphatic heterocycles. The molecule has 1 unspecified atom stereocenters. The second kappa shape index (κ2) is 7.03. The lowest BCUT2D eigenvalue weighted by Gasteiger charge is -2.27. The summed E-state index contributed by atoms with van der Waals surface area (Å²) in [5.74, 6) is 0.220. The van der Waals surface area contributed by atoms with E-state index in [9.17, 15) is 4.79 Å². The number of benzene rings is 1. The third kappa shape index (κ3) is 3.39. The Bertz CT molecular complexity index is 970. The number of nitrogens with zero attached hydrogens (tertiary/aromatic N) is 1. The van der Waals surface area contributed by atoms with Crippen molar-refractivity contribution in [2.24, 2.45) is 5.92 Å². The zero-order valence-electron chi connectivity index (χ0n) is 15.7. The summed E-state index contributed by atoms with van der Waals surface area (Å²) in [6.07, 6.45) is 3.58. The number of hydrogen-bond acceptors (Lipinski definition) is 2. The summed E-state index contributed by atoms with van der Waals surface area (Å²) >= 11 is 0. The zero-order chi connectivity index (χ0) is 19.0. The number of carboxylic acids is 1. The second-order valence-corrected chi connectivity index (χ2v) is 7.65. The van der Waals surface area contributed by atoms with E-state index < -0.39 is 5.97 Å². The first-order valence-corrected chi connectivity index (χ1v) is 9.56. The van der Waals surface area contributed by atoms with Gasteiger partial charge in [-0.05, 0) is 66.6 Å². The van der Waals surface area contributed by atoms with Gasteiger partial charge in [0.1, 0.15) is 0 Å². The van der Waals surface area contributed by atoms with Crippen LogP contribution >= 0.6 is 0 Å². The highest BCUT2D eigenvalue weighted by molar-refractivity contribution is 5.88. The lowest BCUT2D eigenvalue weighted by Crippen LogP contribution is -2.16. The molecular weight excluding hydrogens is 336 g/mol. The number of carboxylic acid groups (broad SMARTS) is 1. The molecule has 2 heterocycles. The SMILES string of the molecule is CC(C)C1CCCc2ccc(-c3ccc(-c4ccc(C(=O)O)cc4)[nH]3)nc21. The van der Waals surface area contributed by atoms with Crippen molar-refractivity contribution in [1.82, 2.24) is 9.97 Å². The Morgan fingerprint density at radius 3 is 2.52 bits per heavy atom. The van der Waals surface area contributed by atoms with Crippen LogP contribution in [0.25, 0.3) is 22.6 Å². The molecular formula is C23H24N2O2. The molecule has 1 aliphatic rings. The number of nitrogens with one attached hydrogen (secondary N) is 1. The monoisotopic (exact) mass is 360 g/mol. The first kappa shape index (κ1) is 17.5. The number of pyridine rings is 1. The van der Waals surface area contributed by atoms with Crippen molar-refractivity contribution < 1.29 is 9.90 Å². The molecule has 4 heteroatoms. The molecule has 3 aromatic rings. The Labute approximate surface area is 159 Å². The number of rotatable bonds is 4. The highest BCUT2D eigenvalue weighted by atomic mass is 16.4. The number of fused-ring (bicyclic) bond motifs is 1. The van der Waals surface area contributed by atoms with Gasteiger partial charge in [0, 0.05) is 17.3 Å². The van der Waals surface area contributed by atoms with E-state index in [4.69, 9.17) is 10.1 Å². The minimum Gasteiger partial charge on any atom is -0.478 e. The first-order chi connectivity index (χ1) is 13.0. The van der Waals surface area contributed by atoms with Gasteiger partial charge in [-0.2, -0.15) is 0 Å². The molecule has 0 amide bonds. The molecule has 4 rings (SSSR count). The Kier molecular flexibility index (Phi) is 4.56. The molecule has 0 fully saturated rings. The van der Waals surface area contributed by atoms with E-state index in [0.717, 1.165) is 29.1 Å². The Morgan fingerprint density at radius 2 is 1.81 bits per heavy atom. The topological polar surface area (TPSA) is 66.0 Å². The van der Waals surface area contributed by atoms with Gasteiger partial charge in [-0.3, -0.25) is 4.98 Å². The van der Waals surface area contributed by atoms with E-state index in [-0.39, 0.29) is 0 Å². The molecule has 0 bridgehead atoms. The van der Waals surface area contributed by atoms with Crippen LogP contribution in [0.4, 0.5) is 0 Å². The van der Waals surface area contributed by atoms with Crippen LogP contribution in [-0.2, 0) is 6.42 Å². The highest BCUT2D eigenvalue weighted by Crippen LogP contribution is 2.36. The summed E-state index contributed by atoms with van der Waals surface area (Å²) in [6.45, 7) is 4.56. The van der Waals surface area contributed by atoms with Gasteiger partial charge in [0.05, 0.1) is 17.0 Å². The summed E-state index contributed by atoms with van der Waals surface area (Å²) in [5.41, 5.74) is 6.82. The van der Waals surface area contributed by atoms with Gasteiger partial charge in [0.2, 0.25) is 0 Å². The van der Waals surface area contributed by atoms with Gasteiger partial charge in [0.25, 0.3) is 0 Å². The number of aromatic nitrogens is 2. The van der Waals surface area contributed by atoms with E-state index in [1.807, 2.05) is 24.3 Å². The molecule has 1 aliphatic carbocycles. The average Bonchev–Trinajstić information content (AvgIpc) is 3.17. The van der Waals surface area contributed by atoms with Crippen LogP contribution < -0.4 is 0 Å². The van der Waals surface area contributed by atoms with Crippen LogP contribution in [0.2, 0.25) is 0 Å². The van der Waals surface area contributed by atoms with Gasteiger partial charge in [-0.1, -0.05) is 32.0 Å². The number of aromatic carboxylic acids is 1. The van der Waals surface area contributed by atoms with Gasteiger partial charge >= 0.3 is 5.97 Å². The molecule has 0 radical (unpaired) electrons. The molecule has 0 spiro atoms. The van der Waals surface area contributed by atoms with Crippen molar-refractivity contribution in [2.45, 2.75) is 39.0 Å². The molecule has 138 valence electrons. The van der Waals surface area contributed by atoms with Crippen molar-refractivity contribution in [1.29, 1.82) is 0 Å². The van der Waals surface area contributed by atoms with Crippen LogP contribution in [0.15, 0.2) is 48.5 Å². The fourth-order valence-corrected chi connectivity index (χ4v) is 3.99. The van der Waals surface area contributed by atoms with Gasteiger partial charge < -0.3 is 10.1 Å². The lowest BCUT2D eigenvalue weighted by molar-refractivity contribution is 0.0697. The summed E-state index contributed by atoms with van der Waals surface area (Å²) in [4.78, 5) is 19.5. The maximum absolute atomic E-state index is 11.0. The minimum absolute atomic E-state index is 0.293. The Balaban J connectivity index is 1.65. The van der Waals surface area contributed by atoms with Crippen LogP contribution in [0, 0.1) is 5.92 Å². The van der Waals surface area contributed by atoms with Crippen LogP contribution in [0.5, 0.6) is 0 Å². The van der Waals surface area contributed by atoms with Crippen LogP contribution in [0.3, 0.4) is 0 Å². The number of hydrogen-bond donors (Lipinski definition) is 2. The fourth-order valence-electron chi connectivity index (χ4n) is 3.99. The molecule has 4 nitrogen and oxygen atoms in total. The third-order valence-corrected chi connectivity index (χ3v) is 5.53. The fraction of sp³-hybridized carbons (Fsp3) is 0.304. The van der Waals surface area contributed by atoms with Crippen molar-refractivity contribution in [3.8, 4) is 22.6 Å². The molecule has 2 aromatic heterocycles. The number of aromatic amines is 1. The summed E-state index contributed by atoms with van der Waals surface area (Å²) < 4.78 is 0. The van der Waals surface area contributed by atoms with Crippen LogP contribution in [0.1, 0.15) is 54.2 Å². The predicted molar refractivity (Wildman–Crippen MR) is 107 cm³/mol. The number of H-pyrrole nitrogens is 1. The van der Waals surface area contributed by atoms with Crippen molar-refractivity contribution in [3.05, 3.63) is 65.4 Å². The van der Waals surface area contributed by atoms with E-state index in [0.29, 0.717) is 17.4 Å². The standard InChI is InChI=1S/C23H24N2O2/c1-14(2)18-5-3-4-16-10-11-21(25-22(16)18)20-13-12-19(24-20)15-6-8-17(9-7-15)23(26)27/h6-14,18,24H,3-5H2,1-2H3,(H,26,27).